The second-order valence-corrected chi connectivity index (χ2v) is 10.4. The van der Waals surface area contributed by atoms with E-state index in [1.54, 1.807) is 6.07 Å². The van der Waals surface area contributed by atoms with Crippen molar-refractivity contribution in [3.63, 3.8) is 0 Å². The number of halogens is 3. The number of hydrogen-bond donors (Lipinski definition) is 2. The van der Waals surface area contributed by atoms with Gasteiger partial charge in [0.25, 0.3) is 5.91 Å². The highest BCUT2D eigenvalue weighted by Gasteiger charge is 2.21. The maximum Gasteiger partial charge on any atom is 0.258 e. The number of hydrogen-bond acceptors (Lipinski definition) is 4. The van der Waals surface area contributed by atoms with Gasteiger partial charge in [-0.15, -0.1) is 0 Å². The van der Waals surface area contributed by atoms with E-state index in [4.69, 9.17) is 4.74 Å². The van der Waals surface area contributed by atoms with Crippen molar-refractivity contribution < 1.29 is 26.7 Å². The molecule has 0 saturated carbocycles. The fourth-order valence-electron chi connectivity index (χ4n) is 2.56. The van der Waals surface area contributed by atoms with Crippen LogP contribution in [0.5, 0.6) is 5.75 Å². The van der Waals surface area contributed by atoms with Gasteiger partial charge in [-0.05, 0) is 50.7 Å². The standard InChI is InChI=1S/C20H23BrF2N2O4S/c1-20(2,3)13-8-14(21)18(9-15(13)22)29-11-19(26)24-10-12-5-6-17(16(23)7-12)25-30(4,27)28/h5-9,25H,10-11H2,1-4H3,(H,24,26). The Morgan fingerprint density at radius 3 is 2.37 bits per heavy atom. The minimum Gasteiger partial charge on any atom is -0.482 e. The lowest BCUT2D eigenvalue weighted by Gasteiger charge is -2.21. The van der Waals surface area contributed by atoms with Crippen LogP contribution in [0.4, 0.5) is 14.5 Å². The molecule has 0 bridgehead atoms. The topological polar surface area (TPSA) is 84.5 Å². The molecule has 2 rings (SSSR count). The number of amides is 1. The highest BCUT2D eigenvalue weighted by Crippen LogP contribution is 2.34. The van der Waals surface area contributed by atoms with Gasteiger partial charge in [-0.2, -0.15) is 0 Å². The number of nitrogens with one attached hydrogen (secondary N) is 2. The van der Waals surface area contributed by atoms with Crippen molar-refractivity contribution in [2.24, 2.45) is 0 Å². The second kappa shape index (κ2) is 9.30. The van der Waals surface area contributed by atoms with Crippen LogP contribution in [0.3, 0.4) is 0 Å². The molecule has 30 heavy (non-hydrogen) atoms. The molecule has 2 aromatic rings. The Balaban J connectivity index is 1.94. The highest BCUT2D eigenvalue weighted by atomic mass is 79.9. The van der Waals surface area contributed by atoms with Crippen LogP contribution in [-0.4, -0.2) is 27.2 Å². The third-order valence-corrected chi connectivity index (χ3v) is 5.22. The van der Waals surface area contributed by atoms with Gasteiger partial charge in [0.05, 0.1) is 16.4 Å². The van der Waals surface area contributed by atoms with Crippen molar-refractivity contribution in [1.82, 2.24) is 5.32 Å². The largest absolute Gasteiger partial charge is 0.482 e. The molecular weight excluding hydrogens is 482 g/mol. The Labute approximate surface area is 183 Å². The maximum atomic E-state index is 14.3. The van der Waals surface area contributed by atoms with Crippen LogP contribution in [0.25, 0.3) is 0 Å². The van der Waals surface area contributed by atoms with E-state index in [0.29, 0.717) is 15.6 Å². The van der Waals surface area contributed by atoms with Gasteiger partial charge in [0.15, 0.2) is 6.61 Å². The van der Waals surface area contributed by atoms with E-state index in [-0.39, 0.29) is 30.0 Å². The first-order valence-electron chi connectivity index (χ1n) is 8.91. The number of carbonyl (C=O) groups is 1. The predicted molar refractivity (Wildman–Crippen MR) is 115 cm³/mol. The summed E-state index contributed by atoms with van der Waals surface area (Å²) in [6.45, 7) is 5.31. The molecule has 0 atom stereocenters. The van der Waals surface area contributed by atoms with Crippen LogP contribution < -0.4 is 14.8 Å². The minimum atomic E-state index is -3.60. The van der Waals surface area contributed by atoms with Gasteiger partial charge in [-0.25, -0.2) is 17.2 Å². The van der Waals surface area contributed by atoms with E-state index >= 15 is 0 Å². The summed E-state index contributed by atoms with van der Waals surface area (Å²) in [6, 6.07) is 6.71. The second-order valence-electron chi connectivity index (χ2n) is 7.77. The smallest absolute Gasteiger partial charge is 0.258 e. The Morgan fingerprint density at radius 2 is 1.80 bits per heavy atom. The van der Waals surface area contributed by atoms with E-state index in [9.17, 15) is 22.0 Å². The fourth-order valence-corrected chi connectivity index (χ4v) is 3.58. The van der Waals surface area contributed by atoms with Crippen molar-refractivity contribution >= 4 is 37.5 Å². The van der Waals surface area contributed by atoms with E-state index in [2.05, 4.69) is 26.0 Å². The molecule has 0 heterocycles. The number of benzene rings is 2. The molecule has 0 radical (unpaired) electrons. The van der Waals surface area contributed by atoms with Crippen LogP contribution in [-0.2, 0) is 26.8 Å². The van der Waals surface area contributed by atoms with Gasteiger partial charge in [-0.1, -0.05) is 26.8 Å². The Morgan fingerprint density at radius 1 is 1.13 bits per heavy atom. The molecule has 0 aliphatic heterocycles. The molecule has 1 amide bonds. The van der Waals surface area contributed by atoms with E-state index in [0.717, 1.165) is 12.3 Å². The Bertz CT molecular complexity index is 1050. The van der Waals surface area contributed by atoms with Crippen LogP contribution >= 0.6 is 15.9 Å². The van der Waals surface area contributed by atoms with Crippen molar-refractivity contribution in [2.75, 3.05) is 17.6 Å². The quantitative estimate of drug-likeness (QED) is 0.594. The highest BCUT2D eigenvalue weighted by molar-refractivity contribution is 9.10. The zero-order valence-electron chi connectivity index (χ0n) is 17.0. The summed E-state index contributed by atoms with van der Waals surface area (Å²) in [7, 11) is -3.60. The molecule has 0 saturated heterocycles. The molecule has 0 aromatic heterocycles. The summed E-state index contributed by atoms with van der Waals surface area (Å²) in [5.41, 5.74) is 0.384. The maximum absolute atomic E-state index is 14.3. The zero-order valence-corrected chi connectivity index (χ0v) is 19.4. The summed E-state index contributed by atoms with van der Waals surface area (Å²) in [5.74, 6) is -1.49. The third-order valence-electron chi connectivity index (χ3n) is 4.01. The van der Waals surface area contributed by atoms with Gasteiger partial charge in [0, 0.05) is 12.6 Å². The lowest BCUT2D eigenvalue weighted by atomic mass is 9.86. The van der Waals surface area contributed by atoms with Gasteiger partial charge in [-0.3, -0.25) is 9.52 Å². The van der Waals surface area contributed by atoms with Crippen molar-refractivity contribution in [1.29, 1.82) is 0 Å². The first kappa shape index (κ1) is 24.1. The molecule has 2 aromatic carbocycles. The lowest BCUT2D eigenvalue weighted by Crippen LogP contribution is -2.28. The van der Waals surface area contributed by atoms with Crippen LogP contribution in [0.15, 0.2) is 34.8 Å². The fraction of sp³-hybridized carbons (Fsp3) is 0.350. The Hall–Kier alpha value is -2.20. The van der Waals surface area contributed by atoms with Crippen molar-refractivity contribution in [3.05, 3.63) is 57.6 Å². The molecular formula is C20H23BrF2N2O4S. The molecule has 0 aliphatic rings. The zero-order chi connectivity index (χ0) is 22.7. The van der Waals surface area contributed by atoms with Crippen LogP contribution in [0.1, 0.15) is 31.9 Å². The SMILES string of the molecule is CC(C)(C)c1cc(Br)c(OCC(=O)NCc2ccc(NS(C)(=O)=O)c(F)c2)cc1F. The number of ether oxygens (including phenoxy) is 1. The molecule has 0 aliphatic carbocycles. The van der Waals surface area contributed by atoms with E-state index < -0.39 is 27.6 Å². The summed E-state index contributed by atoms with van der Waals surface area (Å²) in [4.78, 5) is 12.0. The van der Waals surface area contributed by atoms with Gasteiger partial charge in [0.1, 0.15) is 17.4 Å². The molecule has 0 unspecified atom stereocenters. The Kier molecular flexibility index (Phi) is 7.46. The summed E-state index contributed by atoms with van der Waals surface area (Å²) < 4.78 is 58.6. The third kappa shape index (κ3) is 6.94. The van der Waals surface area contributed by atoms with Crippen molar-refractivity contribution in [3.8, 4) is 5.75 Å². The summed E-state index contributed by atoms with van der Waals surface area (Å²) in [6.07, 6.45) is 0.918. The number of anilines is 1. The van der Waals surface area contributed by atoms with Crippen molar-refractivity contribution in [2.45, 2.75) is 32.7 Å². The van der Waals surface area contributed by atoms with E-state index in [1.807, 2.05) is 20.8 Å². The molecule has 2 N–H and O–H groups in total. The summed E-state index contributed by atoms with van der Waals surface area (Å²) in [5, 5.41) is 2.56. The van der Waals surface area contributed by atoms with Crippen LogP contribution in [0, 0.1) is 11.6 Å². The molecule has 0 spiro atoms. The van der Waals surface area contributed by atoms with Gasteiger partial charge < -0.3 is 10.1 Å². The lowest BCUT2D eigenvalue weighted by molar-refractivity contribution is -0.123. The van der Waals surface area contributed by atoms with Crippen LogP contribution in [0.2, 0.25) is 0 Å². The van der Waals surface area contributed by atoms with Gasteiger partial charge in [0.2, 0.25) is 10.0 Å². The first-order valence-corrected chi connectivity index (χ1v) is 11.6. The van der Waals surface area contributed by atoms with E-state index in [1.165, 1.54) is 18.2 Å². The number of sulfonamides is 1. The average Bonchev–Trinajstić information content (AvgIpc) is 2.60. The number of carbonyl (C=O) groups excluding carboxylic acids is 1. The first-order chi connectivity index (χ1) is 13.8. The molecule has 10 heteroatoms. The normalized spacial score (nSPS) is 11.8. The minimum absolute atomic E-state index is 0.0107. The average molecular weight is 505 g/mol. The number of rotatable bonds is 7. The summed E-state index contributed by atoms with van der Waals surface area (Å²) >= 11 is 3.32. The molecule has 0 fully saturated rings. The predicted octanol–water partition coefficient (Wildman–Crippen LogP) is 4.09. The van der Waals surface area contributed by atoms with Gasteiger partial charge >= 0.3 is 0 Å². The monoisotopic (exact) mass is 504 g/mol. The molecule has 164 valence electrons. The molecule has 6 nitrogen and oxygen atoms in total.